The molecular formula is C72H88BrClFIN4O16S4. The summed E-state index contributed by atoms with van der Waals surface area (Å²) in [5.74, 6) is 29.2. The molecule has 12 aliphatic carbocycles. The smallest absolute Gasteiger partial charge is 0.260 e. The largest absolute Gasteiger partial charge is 0.397 e. The lowest BCUT2D eigenvalue weighted by molar-refractivity contribution is -0.199. The summed E-state index contributed by atoms with van der Waals surface area (Å²) in [4.78, 5) is 65.6. The van der Waals surface area contributed by atoms with Crippen LogP contribution in [0.4, 0.5) is 4.39 Å². The Labute approximate surface area is 628 Å². The number of ketones is 4. The SMILES string of the molecule is C[C@]12CCC3c4cc(Br)c(OSOON)cc4CCC3C1CCC2=O.C[C@]12CCC3c4cc(Cl)c(OSOON)cc4CCC3C1CCC2=O.C[C@]12CCC3c4cc(F)c(OSOON)cc4CCC3C1CCC2=O.C[C@]12CCC3c4cc(I)c(OSOON)cc4CCC3C1CCC2=O. The lowest BCUT2D eigenvalue weighted by Gasteiger charge is -2.48. The van der Waals surface area contributed by atoms with E-state index in [1.54, 1.807) is 12.1 Å². The summed E-state index contributed by atoms with van der Waals surface area (Å²) in [7, 11) is 0. The second-order valence-electron chi connectivity index (χ2n) is 30.5. The predicted molar refractivity (Wildman–Crippen MR) is 388 cm³/mol. The van der Waals surface area contributed by atoms with Crippen LogP contribution < -0.4 is 40.3 Å². The quantitative estimate of drug-likeness (QED) is 0.0267. The summed E-state index contributed by atoms with van der Waals surface area (Å²) in [5.41, 5.74) is 9.99. The van der Waals surface area contributed by atoms with Crippen molar-refractivity contribution in [3.63, 3.8) is 0 Å². The van der Waals surface area contributed by atoms with Crippen molar-refractivity contribution in [1.29, 1.82) is 0 Å². The highest BCUT2D eigenvalue weighted by molar-refractivity contribution is 14.1. The first kappa shape index (κ1) is 75.3. The van der Waals surface area contributed by atoms with E-state index in [9.17, 15) is 23.6 Å². The van der Waals surface area contributed by atoms with Crippen LogP contribution in [-0.4, -0.2) is 23.1 Å². The van der Waals surface area contributed by atoms with Gasteiger partial charge in [0.1, 0.15) is 23.1 Å². The van der Waals surface area contributed by atoms with Gasteiger partial charge in [-0.3, -0.25) is 19.2 Å². The molecule has 16 atom stereocenters. The topological polar surface area (TPSA) is 283 Å². The maximum atomic E-state index is 14.4. The minimum atomic E-state index is -0.414. The third-order valence-corrected chi connectivity index (χ3v) is 30.0. The lowest BCUT2D eigenvalue weighted by atomic mass is 9.55. The first-order valence-electron chi connectivity index (χ1n) is 35.1. The van der Waals surface area contributed by atoms with Gasteiger partial charge in [0.15, 0.2) is 28.8 Å². The van der Waals surface area contributed by atoms with E-state index in [1.165, 1.54) is 39.8 Å². The maximum Gasteiger partial charge on any atom is 0.260 e. The van der Waals surface area contributed by atoms with Crippen LogP contribution in [0, 0.1) is 78.4 Å². The van der Waals surface area contributed by atoms with E-state index in [0.29, 0.717) is 166 Å². The van der Waals surface area contributed by atoms with Gasteiger partial charge in [-0.25, -0.2) is 4.39 Å². The van der Waals surface area contributed by atoms with Crippen molar-refractivity contribution in [3.05, 3.63) is 112 Å². The number of carbonyl (C=O) groups excluding carboxylic acids is 4. The van der Waals surface area contributed by atoms with Gasteiger partial charge in [0.2, 0.25) is 0 Å². The van der Waals surface area contributed by atoms with Gasteiger partial charge < -0.3 is 16.7 Å². The number of benzene rings is 4. The molecule has 0 saturated heterocycles. The number of fused-ring (bicyclic) bond motifs is 20. The fourth-order valence-corrected chi connectivity index (χ4v) is 24.5. The zero-order chi connectivity index (χ0) is 70.4. The molecule has 0 aromatic heterocycles. The third kappa shape index (κ3) is 14.5. The molecule has 0 radical (unpaired) electrons. The Morgan fingerprint density at radius 1 is 0.410 bits per heavy atom. The number of halogens is 4. The Hall–Kier alpha value is -2.89. The minimum Gasteiger partial charge on any atom is -0.397 e. The average Bonchev–Trinajstić information content (AvgIpc) is 1.71. The van der Waals surface area contributed by atoms with Crippen molar-refractivity contribution < 1.29 is 77.6 Å². The fourth-order valence-electron chi connectivity index (χ4n) is 21.9. The van der Waals surface area contributed by atoms with E-state index in [-0.39, 0.29) is 27.4 Å². The standard InChI is InChI=1S/C18H22BrNO4S.C18H22ClNO4S.C18H22FNO4S.C18H22INO4S/c4*1-18-7-6-11-12(14(18)4-5-17(18)21)3-2-10-8-16(22-25-24-23-20)15(19)9-13(10)11/h4*8-9,11-12,14H,2-7,20H2,1H3/t4*11?,12?,14?,18-/m0000/s1. The van der Waals surface area contributed by atoms with E-state index in [2.05, 4.69) is 128 Å². The highest BCUT2D eigenvalue weighted by Gasteiger charge is 2.59. The molecule has 4 aromatic rings. The fraction of sp³-hybridized carbons (Fsp3) is 0.611. The number of nitrogens with two attached hydrogens (primary N) is 4. The molecular weight excluding hydrogens is 1570 g/mol. The first-order valence-corrected chi connectivity index (χ1v) is 40.0. The van der Waals surface area contributed by atoms with Crippen LogP contribution in [0.15, 0.2) is 53.0 Å². The molecule has 28 heteroatoms. The molecule has 8 fully saturated rings. The van der Waals surface area contributed by atoms with Crippen molar-refractivity contribution in [3.8, 4) is 23.0 Å². The molecule has 0 spiro atoms. The molecule has 100 heavy (non-hydrogen) atoms. The molecule has 0 heterocycles. The summed E-state index contributed by atoms with van der Waals surface area (Å²) in [5, 5.41) is 0.559. The van der Waals surface area contributed by atoms with Gasteiger partial charge in [0, 0.05) is 47.3 Å². The second kappa shape index (κ2) is 31.9. The zero-order valence-corrected chi connectivity index (χ0v) is 64.3. The molecule has 8 N–H and O–H groups in total. The van der Waals surface area contributed by atoms with Crippen LogP contribution in [0.5, 0.6) is 23.0 Å². The van der Waals surface area contributed by atoms with Crippen molar-refractivity contribution >= 4 is 123 Å². The van der Waals surface area contributed by atoms with E-state index in [1.807, 2.05) is 12.1 Å². The van der Waals surface area contributed by atoms with Gasteiger partial charge in [-0.15, -0.1) is 37.3 Å². The Morgan fingerprint density at radius 3 is 1.09 bits per heavy atom. The molecule has 0 amide bonds. The van der Waals surface area contributed by atoms with Gasteiger partial charge in [0.05, 0.1) is 13.1 Å². The van der Waals surface area contributed by atoms with E-state index in [4.69, 9.17) is 51.9 Å². The summed E-state index contributed by atoms with van der Waals surface area (Å²) >= 11 is 14.8. The molecule has 20 nitrogen and oxygen atoms in total. The van der Waals surface area contributed by atoms with Crippen LogP contribution in [0.3, 0.4) is 0 Å². The predicted octanol–water partition coefficient (Wildman–Crippen LogP) is 17.7. The van der Waals surface area contributed by atoms with Crippen LogP contribution >= 0.6 is 99.4 Å². The average molecular weight is 1660 g/mol. The van der Waals surface area contributed by atoms with Crippen LogP contribution in [0.2, 0.25) is 5.02 Å². The molecule has 544 valence electrons. The molecule has 12 unspecified atom stereocenters. The van der Waals surface area contributed by atoms with E-state index in [0.717, 1.165) is 166 Å². The molecule has 16 rings (SSSR count). The van der Waals surface area contributed by atoms with Gasteiger partial charge in [-0.1, -0.05) is 39.3 Å². The summed E-state index contributed by atoms with van der Waals surface area (Å²) in [6.45, 7) is 8.77. The van der Waals surface area contributed by atoms with Crippen molar-refractivity contribution in [2.24, 2.45) is 92.6 Å². The van der Waals surface area contributed by atoms with Gasteiger partial charge in [0.25, 0.3) is 49.3 Å². The van der Waals surface area contributed by atoms with Gasteiger partial charge in [-0.05, 0) is 331 Å². The van der Waals surface area contributed by atoms with Crippen molar-refractivity contribution in [2.45, 2.75) is 205 Å². The molecule has 4 aromatic carbocycles. The molecule has 0 aliphatic heterocycles. The van der Waals surface area contributed by atoms with Crippen LogP contribution in [0.25, 0.3) is 0 Å². The number of aryl methyl sites for hydroxylation is 4. The third-order valence-electron chi connectivity index (χ3n) is 26.7. The lowest BCUT2D eigenvalue weighted by Crippen LogP contribution is -2.42. The van der Waals surface area contributed by atoms with Gasteiger partial charge >= 0.3 is 0 Å². The molecule has 0 bridgehead atoms. The van der Waals surface area contributed by atoms with Crippen molar-refractivity contribution in [2.75, 3.05) is 0 Å². The second-order valence-corrected chi connectivity index (χ2v) is 34.7. The highest BCUT2D eigenvalue weighted by atomic mass is 127. The Balaban J connectivity index is 0.000000119. The zero-order valence-electron chi connectivity index (χ0n) is 56.5. The molecule has 12 aliphatic rings. The van der Waals surface area contributed by atoms with E-state index >= 15 is 0 Å². The maximum absolute atomic E-state index is 14.4. The number of hydrogen-bond donors (Lipinski definition) is 4. The first-order chi connectivity index (χ1) is 48.2. The number of rotatable bonds is 16. The summed E-state index contributed by atoms with van der Waals surface area (Å²) in [6.07, 6.45) is 23.8. The van der Waals surface area contributed by atoms with E-state index < -0.39 is 5.82 Å². The minimum absolute atomic E-state index is 0.0644. The normalized spacial score (nSPS) is 33.6. The number of Topliss-reactive ketones (excluding diaryl/α,β-unsaturated/α-hetero) is 4. The Bertz CT molecular complexity index is 3280. The molecule has 8 saturated carbocycles. The van der Waals surface area contributed by atoms with Crippen LogP contribution in [-0.2, 0) is 82.1 Å². The summed E-state index contributed by atoms with van der Waals surface area (Å²) < 4.78 is 55.8. The van der Waals surface area contributed by atoms with Crippen LogP contribution in [0.1, 0.15) is 224 Å². The summed E-state index contributed by atoms with van der Waals surface area (Å²) in [6, 6.07) is 16.0. The van der Waals surface area contributed by atoms with Crippen molar-refractivity contribution in [1.82, 2.24) is 0 Å². The number of carbonyl (C=O) groups is 4. The Morgan fingerprint density at radius 2 is 0.710 bits per heavy atom. The van der Waals surface area contributed by atoms with Gasteiger partial charge in [-0.2, -0.15) is 23.6 Å². The monoisotopic (exact) mass is 1650 g/mol. The highest BCUT2D eigenvalue weighted by Crippen LogP contribution is 2.65. The Kier molecular flexibility index (Phi) is 24.0. The number of hydrogen-bond acceptors (Lipinski definition) is 24.